The number of aromatic nitrogens is 2. The molecule has 0 saturated carbocycles. The van der Waals surface area contributed by atoms with Crippen LogP contribution in [0.1, 0.15) is 24.3 Å². The monoisotopic (exact) mass is 415 g/mol. The summed E-state index contributed by atoms with van der Waals surface area (Å²) in [7, 11) is 0. The van der Waals surface area contributed by atoms with Gasteiger partial charge in [-0.25, -0.2) is 4.79 Å². The van der Waals surface area contributed by atoms with Crippen molar-refractivity contribution in [3.05, 3.63) is 47.1 Å². The van der Waals surface area contributed by atoms with Crippen molar-refractivity contribution in [2.45, 2.75) is 18.8 Å². The van der Waals surface area contributed by atoms with Crippen LogP contribution >= 0.6 is 11.6 Å². The number of piperidine rings is 1. The van der Waals surface area contributed by atoms with Crippen molar-refractivity contribution in [3.8, 4) is 0 Å². The third-order valence-corrected chi connectivity index (χ3v) is 5.79. The van der Waals surface area contributed by atoms with Gasteiger partial charge in [-0.2, -0.15) is 0 Å². The van der Waals surface area contributed by atoms with Crippen molar-refractivity contribution in [2.24, 2.45) is 5.92 Å². The van der Waals surface area contributed by atoms with Gasteiger partial charge in [-0.3, -0.25) is 9.69 Å². The van der Waals surface area contributed by atoms with E-state index in [4.69, 9.17) is 16.7 Å². The Morgan fingerprint density at radius 1 is 1.07 bits per heavy atom. The number of carbonyl (C=O) groups excluding carboxylic acids is 1. The first kappa shape index (κ1) is 19.6. The third kappa shape index (κ3) is 4.18. The molecule has 2 aliphatic heterocycles. The van der Waals surface area contributed by atoms with Crippen LogP contribution < -0.4 is 10.2 Å². The largest absolute Gasteiger partial charge is 0.465 e. The van der Waals surface area contributed by atoms with Gasteiger partial charge in [0.2, 0.25) is 5.91 Å². The molecule has 4 rings (SSSR count). The Morgan fingerprint density at radius 3 is 2.28 bits per heavy atom. The number of benzene rings is 1. The van der Waals surface area contributed by atoms with Gasteiger partial charge in [-0.05, 0) is 48.6 Å². The number of halogens is 1. The standard InChI is InChI=1S/C20H22ClN5O3/c21-17-5-6-18(24-23-17)26(19(27)15-11-22-12-15)16-3-1-13(2-4-16)14-7-9-25(10-8-14)20(28)29/h1-6,14-15,22H,7-12H2,(H,28,29). The van der Waals surface area contributed by atoms with Crippen molar-refractivity contribution in [1.29, 1.82) is 0 Å². The molecule has 2 saturated heterocycles. The number of nitrogens with zero attached hydrogens (tertiary/aromatic N) is 4. The Kier molecular flexibility index (Phi) is 5.64. The molecule has 2 N–H and O–H groups in total. The second-order valence-corrected chi connectivity index (χ2v) is 7.77. The van der Waals surface area contributed by atoms with Gasteiger partial charge in [-0.15, -0.1) is 10.2 Å². The van der Waals surface area contributed by atoms with Crippen LogP contribution in [0, 0.1) is 5.92 Å². The summed E-state index contributed by atoms with van der Waals surface area (Å²) in [5, 5.41) is 20.5. The Labute approximate surface area is 173 Å². The molecule has 0 atom stereocenters. The summed E-state index contributed by atoms with van der Waals surface area (Å²) in [6.07, 6.45) is 0.734. The normalized spacial score (nSPS) is 17.6. The van der Waals surface area contributed by atoms with Crippen LogP contribution in [0.3, 0.4) is 0 Å². The van der Waals surface area contributed by atoms with Gasteiger partial charge >= 0.3 is 6.09 Å². The maximum atomic E-state index is 13.0. The van der Waals surface area contributed by atoms with Crippen molar-refractivity contribution in [3.63, 3.8) is 0 Å². The summed E-state index contributed by atoms with van der Waals surface area (Å²) in [4.78, 5) is 27.2. The average Bonchev–Trinajstić information content (AvgIpc) is 2.69. The van der Waals surface area contributed by atoms with Crippen LogP contribution in [0.15, 0.2) is 36.4 Å². The van der Waals surface area contributed by atoms with Crippen LogP contribution in [0.2, 0.25) is 5.15 Å². The lowest BCUT2D eigenvalue weighted by Gasteiger charge is -2.32. The second kappa shape index (κ2) is 8.34. The lowest BCUT2D eigenvalue weighted by Crippen LogP contribution is -2.51. The van der Waals surface area contributed by atoms with E-state index in [1.807, 2.05) is 24.3 Å². The second-order valence-electron chi connectivity index (χ2n) is 7.38. The molecule has 8 nitrogen and oxygen atoms in total. The summed E-state index contributed by atoms with van der Waals surface area (Å²) in [5.41, 5.74) is 1.88. The van der Waals surface area contributed by atoms with Crippen LogP contribution in [0.5, 0.6) is 0 Å². The molecule has 9 heteroatoms. The zero-order chi connectivity index (χ0) is 20.4. The fourth-order valence-corrected chi connectivity index (χ4v) is 3.85. The molecular weight excluding hydrogens is 394 g/mol. The molecule has 2 aliphatic rings. The number of likely N-dealkylation sites (tertiary alicyclic amines) is 1. The fraction of sp³-hybridized carbons (Fsp3) is 0.400. The van der Waals surface area contributed by atoms with Gasteiger partial charge in [0.15, 0.2) is 11.0 Å². The summed E-state index contributed by atoms with van der Waals surface area (Å²) < 4.78 is 0. The molecule has 3 heterocycles. The van der Waals surface area contributed by atoms with Gasteiger partial charge in [0.25, 0.3) is 0 Å². The highest BCUT2D eigenvalue weighted by Crippen LogP contribution is 2.32. The van der Waals surface area contributed by atoms with Crippen molar-refractivity contribution < 1.29 is 14.7 Å². The summed E-state index contributed by atoms with van der Waals surface area (Å²) in [6.45, 7) is 2.38. The Morgan fingerprint density at radius 2 is 1.76 bits per heavy atom. The number of hydrogen-bond donors (Lipinski definition) is 2. The van der Waals surface area contributed by atoms with Crippen LogP contribution in [-0.2, 0) is 4.79 Å². The first-order chi connectivity index (χ1) is 14.0. The van der Waals surface area contributed by atoms with E-state index in [1.165, 1.54) is 4.90 Å². The highest BCUT2D eigenvalue weighted by atomic mass is 35.5. The van der Waals surface area contributed by atoms with Crippen molar-refractivity contribution >= 4 is 35.1 Å². The number of carbonyl (C=O) groups is 2. The van der Waals surface area contributed by atoms with E-state index >= 15 is 0 Å². The van der Waals surface area contributed by atoms with E-state index in [1.54, 1.807) is 17.0 Å². The van der Waals surface area contributed by atoms with Gasteiger partial charge in [0.05, 0.1) is 11.6 Å². The van der Waals surface area contributed by atoms with E-state index in [0.29, 0.717) is 37.9 Å². The van der Waals surface area contributed by atoms with Crippen LogP contribution in [0.25, 0.3) is 0 Å². The smallest absolute Gasteiger partial charge is 0.407 e. The molecule has 2 fully saturated rings. The zero-order valence-electron chi connectivity index (χ0n) is 15.8. The Bertz CT molecular complexity index is 878. The molecular formula is C20H22ClN5O3. The zero-order valence-corrected chi connectivity index (χ0v) is 16.5. The lowest BCUT2D eigenvalue weighted by atomic mass is 9.89. The van der Waals surface area contributed by atoms with Gasteiger partial charge in [-0.1, -0.05) is 23.7 Å². The van der Waals surface area contributed by atoms with Gasteiger partial charge in [0.1, 0.15) is 0 Å². The molecule has 1 aromatic carbocycles. The van der Waals surface area contributed by atoms with E-state index in [2.05, 4.69) is 15.5 Å². The van der Waals surface area contributed by atoms with E-state index in [0.717, 1.165) is 24.1 Å². The summed E-state index contributed by atoms with van der Waals surface area (Å²) in [6, 6.07) is 11.2. The van der Waals surface area contributed by atoms with E-state index in [-0.39, 0.29) is 17.0 Å². The Hall–Kier alpha value is -2.71. The predicted molar refractivity (Wildman–Crippen MR) is 109 cm³/mol. The highest BCUT2D eigenvalue weighted by Gasteiger charge is 2.32. The van der Waals surface area contributed by atoms with Crippen molar-refractivity contribution in [1.82, 2.24) is 20.4 Å². The minimum Gasteiger partial charge on any atom is -0.465 e. The molecule has 0 spiro atoms. The molecule has 2 aromatic rings. The topological polar surface area (TPSA) is 98.7 Å². The lowest BCUT2D eigenvalue weighted by molar-refractivity contribution is -0.123. The highest BCUT2D eigenvalue weighted by molar-refractivity contribution is 6.29. The summed E-state index contributed by atoms with van der Waals surface area (Å²) in [5.74, 6) is 0.638. The van der Waals surface area contributed by atoms with Gasteiger partial charge in [0, 0.05) is 26.2 Å². The number of rotatable bonds is 4. The molecule has 29 heavy (non-hydrogen) atoms. The molecule has 0 bridgehead atoms. The van der Waals surface area contributed by atoms with E-state index in [9.17, 15) is 9.59 Å². The predicted octanol–water partition coefficient (Wildman–Crippen LogP) is 2.87. The first-order valence-electron chi connectivity index (χ1n) is 9.64. The number of amides is 2. The molecule has 2 amide bonds. The third-order valence-electron chi connectivity index (χ3n) is 5.59. The number of anilines is 2. The van der Waals surface area contributed by atoms with Crippen LogP contribution in [-0.4, -0.2) is 58.4 Å². The quantitative estimate of drug-likeness (QED) is 0.796. The molecule has 0 radical (unpaired) electrons. The molecule has 0 unspecified atom stereocenters. The fourth-order valence-electron chi connectivity index (χ4n) is 3.75. The van der Waals surface area contributed by atoms with E-state index < -0.39 is 6.09 Å². The summed E-state index contributed by atoms with van der Waals surface area (Å²) >= 11 is 5.85. The first-order valence-corrected chi connectivity index (χ1v) is 10.0. The molecule has 152 valence electrons. The van der Waals surface area contributed by atoms with Crippen LogP contribution in [0.4, 0.5) is 16.3 Å². The average molecular weight is 416 g/mol. The molecule has 1 aromatic heterocycles. The number of carboxylic acid groups (broad SMARTS) is 1. The SMILES string of the molecule is O=C(O)N1CCC(c2ccc(N(C(=O)C3CNC3)c3ccc(Cl)nn3)cc2)CC1. The minimum absolute atomic E-state index is 0.0251. The maximum absolute atomic E-state index is 13.0. The maximum Gasteiger partial charge on any atom is 0.407 e. The molecule has 0 aliphatic carbocycles. The Balaban J connectivity index is 1.54. The number of nitrogens with one attached hydrogen (secondary N) is 1. The number of hydrogen-bond acceptors (Lipinski definition) is 5. The van der Waals surface area contributed by atoms with Crippen molar-refractivity contribution in [2.75, 3.05) is 31.1 Å². The minimum atomic E-state index is -0.859. The van der Waals surface area contributed by atoms with Gasteiger partial charge < -0.3 is 15.3 Å².